The maximum atomic E-state index is 13.4. The Morgan fingerprint density at radius 2 is 2.05 bits per heavy atom. The van der Waals surface area contributed by atoms with Crippen LogP contribution >= 0.6 is 0 Å². The summed E-state index contributed by atoms with van der Waals surface area (Å²) in [5, 5.41) is 4.37. The van der Waals surface area contributed by atoms with E-state index in [-0.39, 0.29) is 11.9 Å². The van der Waals surface area contributed by atoms with Crippen molar-refractivity contribution >= 4 is 11.0 Å². The molecule has 2 rings (SSSR count). The molecule has 0 fully saturated rings. The van der Waals surface area contributed by atoms with Gasteiger partial charge in [-0.15, -0.1) is 0 Å². The van der Waals surface area contributed by atoms with Gasteiger partial charge in [0.05, 0.1) is 6.04 Å². The molecule has 0 aliphatic carbocycles. The van der Waals surface area contributed by atoms with Gasteiger partial charge in [0.2, 0.25) is 0 Å². The topological polar surface area (TPSA) is 25.2 Å². The molecule has 0 saturated heterocycles. The highest BCUT2D eigenvalue weighted by Crippen LogP contribution is 2.32. The lowest BCUT2D eigenvalue weighted by Crippen LogP contribution is -2.21. The average molecular weight is 277 g/mol. The molecule has 110 valence electrons. The van der Waals surface area contributed by atoms with Crippen molar-refractivity contribution in [2.24, 2.45) is 0 Å². The largest absolute Gasteiger partial charge is 0.459 e. The van der Waals surface area contributed by atoms with E-state index in [0.717, 1.165) is 35.3 Å². The van der Waals surface area contributed by atoms with Crippen LogP contribution in [0.5, 0.6) is 0 Å². The molecular formula is C17H24FNO. The predicted octanol–water partition coefficient (Wildman–Crippen LogP) is 5.11. The molecule has 1 aromatic carbocycles. The second kappa shape index (κ2) is 6.89. The van der Waals surface area contributed by atoms with Gasteiger partial charge in [0.15, 0.2) is 0 Å². The minimum Gasteiger partial charge on any atom is -0.459 e. The summed E-state index contributed by atoms with van der Waals surface area (Å²) in [6, 6.07) is 4.96. The molecule has 0 spiro atoms. The Morgan fingerprint density at radius 3 is 2.75 bits per heavy atom. The lowest BCUT2D eigenvalue weighted by atomic mass is 10.0. The molecule has 0 aliphatic rings. The highest BCUT2D eigenvalue weighted by atomic mass is 19.1. The van der Waals surface area contributed by atoms with E-state index < -0.39 is 0 Å². The summed E-state index contributed by atoms with van der Waals surface area (Å²) in [7, 11) is 0. The molecular weight excluding hydrogens is 253 g/mol. The number of unbranched alkanes of at least 4 members (excludes halogenated alkanes) is 2. The first-order valence-corrected chi connectivity index (χ1v) is 7.59. The minimum atomic E-state index is -0.209. The van der Waals surface area contributed by atoms with Crippen molar-refractivity contribution in [3.05, 3.63) is 35.3 Å². The van der Waals surface area contributed by atoms with Crippen molar-refractivity contribution < 1.29 is 8.81 Å². The Kier molecular flexibility index (Phi) is 5.18. The fraction of sp³-hybridized carbons (Fsp3) is 0.529. The summed E-state index contributed by atoms with van der Waals surface area (Å²) in [5.41, 5.74) is 1.83. The molecule has 1 aromatic heterocycles. The first kappa shape index (κ1) is 15.0. The van der Waals surface area contributed by atoms with Crippen molar-refractivity contribution in [1.29, 1.82) is 0 Å². The lowest BCUT2D eigenvalue weighted by molar-refractivity contribution is 0.402. The van der Waals surface area contributed by atoms with E-state index in [2.05, 4.69) is 19.2 Å². The zero-order chi connectivity index (χ0) is 14.5. The van der Waals surface area contributed by atoms with Crippen molar-refractivity contribution in [3.8, 4) is 0 Å². The number of fused-ring (bicyclic) bond motifs is 1. The van der Waals surface area contributed by atoms with E-state index >= 15 is 0 Å². The molecule has 0 bridgehead atoms. The van der Waals surface area contributed by atoms with Gasteiger partial charge in [-0.25, -0.2) is 4.39 Å². The van der Waals surface area contributed by atoms with Crippen LogP contribution in [0.2, 0.25) is 0 Å². The third-order valence-electron chi connectivity index (χ3n) is 3.80. The number of benzene rings is 1. The van der Waals surface area contributed by atoms with Crippen LogP contribution in [-0.4, -0.2) is 6.54 Å². The monoisotopic (exact) mass is 277 g/mol. The van der Waals surface area contributed by atoms with Crippen LogP contribution in [0, 0.1) is 12.7 Å². The molecule has 20 heavy (non-hydrogen) atoms. The predicted molar refractivity (Wildman–Crippen MR) is 81.5 cm³/mol. The molecule has 0 amide bonds. The molecule has 0 saturated carbocycles. The van der Waals surface area contributed by atoms with Gasteiger partial charge in [0, 0.05) is 10.9 Å². The molecule has 1 heterocycles. The number of nitrogens with one attached hydrogen (secondary N) is 1. The summed E-state index contributed by atoms with van der Waals surface area (Å²) in [6.07, 6.45) is 4.68. The standard InChI is InChI=1S/C17H24FNO/c1-4-6-7-8-15(19-5-2)17-12(3)14-11-13(18)9-10-16(14)20-17/h9-11,15,19H,4-8H2,1-3H3. The summed E-state index contributed by atoms with van der Waals surface area (Å²) < 4.78 is 19.3. The second-order valence-corrected chi connectivity index (χ2v) is 5.34. The van der Waals surface area contributed by atoms with Crippen molar-refractivity contribution in [1.82, 2.24) is 5.32 Å². The Morgan fingerprint density at radius 1 is 1.25 bits per heavy atom. The molecule has 1 atom stereocenters. The van der Waals surface area contributed by atoms with Crippen LogP contribution in [0.1, 0.15) is 56.9 Å². The lowest BCUT2D eigenvalue weighted by Gasteiger charge is -2.16. The number of halogens is 1. The van der Waals surface area contributed by atoms with E-state index in [0.29, 0.717) is 0 Å². The van der Waals surface area contributed by atoms with Crippen LogP contribution in [0.3, 0.4) is 0 Å². The SMILES string of the molecule is CCCCCC(NCC)c1oc2ccc(F)cc2c1C. The van der Waals surface area contributed by atoms with Crippen LogP contribution in [0.25, 0.3) is 11.0 Å². The Labute approximate surface area is 120 Å². The van der Waals surface area contributed by atoms with Crippen LogP contribution in [-0.2, 0) is 0 Å². The third kappa shape index (κ3) is 3.21. The fourth-order valence-corrected chi connectivity index (χ4v) is 2.72. The van der Waals surface area contributed by atoms with E-state index in [1.165, 1.54) is 25.3 Å². The highest BCUT2D eigenvalue weighted by molar-refractivity contribution is 5.82. The van der Waals surface area contributed by atoms with E-state index in [4.69, 9.17) is 4.42 Å². The number of aryl methyl sites for hydroxylation is 1. The smallest absolute Gasteiger partial charge is 0.134 e. The van der Waals surface area contributed by atoms with Crippen molar-refractivity contribution in [3.63, 3.8) is 0 Å². The van der Waals surface area contributed by atoms with Gasteiger partial charge in [-0.3, -0.25) is 0 Å². The maximum Gasteiger partial charge on any atom is 0.134 e. The van der Waals surface area contributed by atoms with Gasteiger partial charge in [0.25, 0.3) is 0 Å². The Balaban J connectivity index is 2.29. The molecule has 2 aromatic rings. The summed E-state index contributed by atoms with van der Waals surface area (Å²) in [6.45, 7) is 7.23. The van der Waals surface area contributed by atoms with Crippen LogP contribution < -0.4 is 5.32 Å². The van der Waals surface area contributed by atoms with E-state index in [1.807, 2.05) is 6.92 Å². The summed E-state index contributed by atoms with van der Waals surface area (Å²) >= 11 is 0. The Bertz CT molecular complexity index is 561. The molecule has 3 heteroatoms. The van der Waals surface area contributed by atoms with E-state index in [1.54, 1.807) is 12.1 Å². The molecule has 1 unspecified atom stereocenters. The fourth-order valence-electron chi connectivity index (χ4n) is 2.72. The quantitative estimate of drug-likeness (QED) is 0.711. The van der Waals surface area contributed by atoms with Gasteiger partial charge in [-0.05, 0) is 38.1 Å². The molecule has 1 N–H and O–H groups in total. The minimum absolute atomic E-state index is 0.209. The van der Waals surface area contributed by atoms with Crippen LogP contribution in [0.4, 0.5) is 4.39 Å². The van der Waals surface area contributed by atoms with Gasteiger partial charge in [-0.2, -0.15) is 0 Å². The number of rotatable bonds is 7. The number of hydrogen-bond acceptors (Lipinski definition) is 2. The highest BCUT2D eigenvalue weighted by Gasteiger charge is 2.19. The van der Waals surface area contributed by atoms with Gasteiger partial charge in [0.1, 0.15) is 17.2 Å². The van der Waals surface area contributed by atoms with Gasteiger partial charge >= 0.3 is 0 Å². The zero-order valence-electron chi connectivity index (χ0n) is 12.6. The third-order valence-corrected chi connectivity index (χ3v) is 3.80. The summed E-state index contributed by atoms with van der Waals surface area (Å²) in [5.74, 6) is 0.752. The maximum absolute atomic E-state index is 13.4. The van der Waals surface area contributed by atoms with Crippen LogP contribution in [0.15, 0.2) is 22.6 Å². The Hall–Kier alpha value is -1.35. The number of furan rings is 1. The molecule has 2 nitrogen and oxygen atoms in total. The summed E-state index contributed by atoms with van der Waals surface area (Å²) in [4.78, 5) is 0. The van der Waals surface area contributed by atoms with Crippen molar-refractivity contribution in [2.45, 2.75) is 52.5 Å². The van der Waals surface area contributed by atoms with Crippen molar-refractivity contribution in [2.75, 3.05) is 6.54 Å². The first-order chi connectivity index (χ1) is 9.67. The zero-order valence-corrected chi connectivity index (χ0v) is 12.6. The molecule has 0 aliphatic heterocycles. The average Bonchev–Trinajstić information content (AvgIpc) is 2.75. The first-order valence-electron chi connectivity index (χ1n) is 7.59. The van der Waals surface area contributed by atoms with Gasteiger partial charge < -0.3 is 9.73 Å². The number of hydrogen-bond donors (Lipinski definition) is 1. The second-order valence-electron chi connectivity index (χ2n) is 5.34. The normalized spacial score (nSPS) is 13.0. The van der Waals surface area contributed by atoms with E-state index in [9.17, 15) is 4.39 Å². The molecule has 0 radical (unpaired) electrons. The van der Waals surface area contributed by atoms with Gasteiger partial charge in [-0.1, -0.05) is 33.1 Å².